The Labute approximate surface area is 158 Å². The molecule has 0 spiro atoms. The molecule has 1 aromatic heterocycles. The van der Waals surface area contributed by atoms with Crippen molar-refractivity contribution in [2.75, 3.05) is 0 Å². The number of aromatic nitrogens is 1. The normalized spacial score (nSPS) is 12.5. The van der Waals surface area contributed by atoms with E-state index >= 15 is 0 Å². The molecule has 1 heterocycles. The standard InChI is InChI=1S/C18H15F3N2O4S/c1-10-12(18(19,20)21)7-8-13-14(10)16(28(22,26)27)15(17(24)25)23(13)9-11-5-3-2-4-6-11/h2-8H,9H2,1H3,(H,24,25)(H2,22,26,27). The number of halogens is 3. The predicted octanol–water partition coefficient (Wildman–Crippen LogP) is 3.36. The molecule has 3 N–H and O–H groups in total. The lowest BCUT2D eigenvalue weighted by molar-refractivity contribution is -0.137. The lowest BCUT2D eigenvalue weighted by Gasteiger charge is -2.12. The van der Waals surface area contributed by atoms with Crippen molar-refractivity contribution in [3.05, 3.63) is 64.8 Å². The molecule has 10 heteroatoms. The number of hydrogen-bond donors (Lipinski definition) is 2. The first kappa shape index (κ1) is 19.9. The maximum Gasteiger partial charge on any atom is 0.416 e. The number of hydrogen-bond acceptors (Lipinski definition) is 3. The van der Waals surface area contributed by atoms with E-state index in [4.69, 9.17) is 5.14 Å². The van der Waals surface area contributed by atoms with E-state index in [0.717, 1.165) is 23.6 Å². The van der Waals surface area contributed by atoms with Gasteiger partial charge in [0.25, 0.3) is 0 Å². The second-order valence-electron chi connectivity index (χ2n) is 6.23. The summed E-state index contributed by atoms with van der Waals surface area (Å²) in [6, 6.07) is 10.4. The van der Waals surface area contributed by atoms with Gasteiger partial charge < -0.3 is 9.67 Å². The molecule has 0 radical (unpaired) electrons. The zero-order valence-corrected chi connectivity index (χ0v) is 15.3. The van der Waals surface area contributed by atoms with Crippen LogP contribution in [-0.4, -0.2) is 24.1 Å². The molecule has 0 saturated carbocycles. The number of aryl methyl sites for hydroxylation is 1. The number of benzene rings is 2. The van der Waals surface area contributed by atoms with Gasteiger partial charge in [-0.05, 0) is 30.2 Å². The summed E-state index contributed by atoms with van der Waals surface area (Å²) in [6.07, 6.45) is -4.74. The molecular formula is C18H15F3N2O4S. The number of sulfonamides is 1. The van der Waals surface area contributed by atoms with E-state index in [-0.39, 0.29) is 17.4 Å². The van der Waals surface area contributed by atoms with Crippen molar-refractivity contribution in [3.63, 3.8) is 0 Å². The topological polar surface area (TPSA) is 102 Å². The third kappa shape index (κ3) is 3.36. The number of carbonyl (C=O) groups is 1. The zero-order valence-electron chi connectivity index (χ0n) is 14.5. The van der Waals surface area contributed by atoms with Gasteiger partial charge in [0, 0.05) is 11.9 Å². The molecule has 0 saturated heterocycles. The van der Waals surface area contributed by atoms with E-state index in [2.05, 4.69) is 0 Å². The zero-order chi connectivity index (χ0) is 20.9. The largest absolute Gasteiger partial charge is 0.477 e. The van der Waals surface area contributed by atoms with Crippen molar-refractivity contribution in [2.45, 2.75) is 24.5 Å². The van der Waals surface area contributed by atoms with Crippen LogP contribution in [0.4, 0.5) is 13.2 Å². The molecule has 0 aliphatic carbocycles. The molecule has 0 bridgehead atoms. The Balaban J connectivity index is 2.48. The first-order valence-electron chi connectivity index (χ1n) is 7.96. The van der Waals surface area contributed by atoms with Crippen LogP contribution >= 0.6 is 0 Å². The Bertz CT molecular complexity index is 1180. The van der Waals surface area contributed by atoms with Crippen LogP contribution in [-0.2, 0) is 22.7 Å². The minimum Gasteiger partial charge on any atom is -0.477 e. The van der Waals surface area contributed by atoms with Crippen LogP contribution in [0.5, 0.6) is 0 Å². The highest BCUT2D eigenvalue weighted by Crippen LogP contribution is 2.39. The van der Waals surface area contributed by atoms with E-state index in [0.29, 0.717) is 5.56 Å². The van der Waals surface area contributed by atoms with Gasteiger partial charge in [0.2, 0.25) is 10.0 Å². The molecule has 148 valence electrons. The summed E-state index contributed by atoms with van der Waals surface area (Å²) in [4.78, 5) is 11.1. The number of fused-ring (bicyclic) bond motifs is 1. The summed E-state index contributed by atoms with van der Waals surface area (Å²) in [6.45, 7) is 1.04. The van der Waals surface area contributed by atoms with Gasteiger partial charge in [0.05, 0.1) is 11.1 Å². The Morgan fingerprint density at radius 1 is 1.14 bits per heavy atom. The van der Waals surface area contributed by atoms with E-state index < -0.39 is 43.9 Å². The van der Waals surface area contributed by atoms with Crippen LogP contribution in [0.2, 0.25) is 0 Å². The molecule has 2 aromatic carbocycles. The van der Waals surface area contributed by atoms with Gasteiger partial charge >= 0.3 is 12.1 Å². The minimum absolute atomic E-state index is 0.0378. The average Bonchev–Trinajstić information content (AvgIpc) is 2.91. The van der Waals surface area contributed by atoms with Gasteiger partial charge in [-0.15, -0.1) is 0 Å². The quantitative estimate of drug-likeness (QED) is 0.686. The number of rotatable bonds is 4. The Morgan fingerprint density at radius 3 is 2.25 bits per heavy atom. The molecule has 6 nitrogen and oxygen atoms in total. The molecule has 0 aliphatic rings. The molecule has 3 rings (SSSR count). The lowest BCUT2D eigenvalue weighted by Crippen LogP contribution is -2.18. The van der Waals surface area contributed by atoms with Gasteiger partial charge in [-0.3, -0.25) is 0 Å². The van der Waals surface area contributed by atoms with Crippen molar-refractivity contribution >= 4 is 26.9 Å². The van der Waals surface area contributed by atoms with Crippen LogP contribution < -0.4 is 5.14 Å². The average molecular weight is 412 g/mol. The van der Waals surface area contributed by atoms with Gasteiger partial charge in [0.1, 0.15) is 10.6 Å². The number of carboxylic acids is 1. The number of nitrogens with zero attached hydrogens (tertiary/aromatic N) is 1. The summed E-state index contributed by atoms with van der Waals surface area (Å²) in [5, 5.41) is 14.5. The number of nitrogens with two attached hydrogens (primary N) is 1. The van der Waals surface area contributed by atoms with Crippen LogP contribution in [0.1, 0.15) is 27.2 Å². The van der Waals surface area contributed by atoms with Crippen LogP contribution in [0, 0.1) is 6.92 Å². The predicted molar refractivity (Wildman–Crippen MR) is 95.6 cm³/mol. The third-order valence-corrected chi connectivity index (χ3v) is 5.39. The van der Waals surface area contributed by atoms with Crippen molar-refractivity contribution < 1.29 is 31.5 Å². The highest BCUT2D eigenvalue weighted by molar-refractivity contribution is 7.89. The molecule has 0 aliphatic heterocycles. The maximum atomic E-state index is 13.3. The lowest BCUT2D eigenvalue weighted by atomic mass is 10.0. The highest BCUT2D eigenvalue weighted by Gasteiger charge is 2.37. The monoisotopic (exact) mass is 412 g/mol. The summed E-state index contributed by atoms with van der Waals surface area (Å²) in [5.41, 5.74) is -1.46. The van der Waals surface area contributed by atoms with Gasteiger partial charge in [0.15, 0.2) is 0 Å². The second-order valence-corrected chi connectivity index (χ2v) is 7.73. The van der Waals surface area contributed by atoms with Crippen molar-refractivity contribution in [1.82, 2.24) is 4.57 Å². The molecule has 0 fully saturated rings. The molecule has 0 atom stereocenters. The van der Waals surface area contributed by atoms with Crippen molar-refractivity contribution in [2.24, 2.45) is 5.14 Å². The summed E-state index contributed by atoms with van der Waals surface area (Å²) >= 11 is 0. The van der Waals surface area contributed by atoms with Crippen LogP contribution in [0.15, 0.2) is 47.4 Å². The molecule has 0 unspecified atom stereocenters. The fraction of sp³-hybridized carbons (Fsp3) is 0.167. The van der Waals surface area contributed by atoms with E-state index in [1.165, 1.54) is 0 Å². The minimum atomic E-state index is -4.74. The smallest absolute Gasteiger partial charge is 0.416 e. The summed E-state index contributed by atoms with van der Waals surface area (Å²) in [5.74, 6) is -1.61. The van der Waals surface area contributed by atoms with Gasteiger partial charge in [-0.2, -0.15) is 13.2 Å². The fourth-order valence-electron chi connectivity index (χ4n) is 3.30. The molecule has 3 aromatic rings. The first-order valence-corrected chi connectivity index (χ1v) is 9.50. The van der Waals surface area contributed by atoms with Crippen molar-refractivity contribution in [3.8, 4) is 0 Å². The second kappa shape index (κ2) is 6.64. The van der Waals surface area contributed by atoms with E-state index in [1.807, 2.05) is 0 Å². The van der Waals surface area contributed by atoms with Gasteiger partial charge in [-0.25, -0.2) is 18.4 Å². The Hall–Kier alpha value is -2.85. The van der Waals surface area contributed by atoms with Gasteiger partial charge in [-0.1, -0.05) is 30.3 Å². The third-order valence-electron chi connectivity index (χ3n) is 4.42. The highest BCUT2D eigenvalue weighted by atomic mass is 32.2. The van der Waals surface area contributed by atoms with E-state index in [9.17, 15) is 31.5 Å². The number of carboxylic acid groups (broad SMARTS) is 1. The number of primary sulfonamides is 1. The number of aromatic carboxylic acids is 1. The summed E-state index contributed by atoms with van der Waals surface area (Å²) < 4.78 is 65.4. The Kier molecular flexibility index (Phi) is 4.72. The summed E-state index contributed by atoms with van der Waals surface area (Å²) in [7, 11) is -4.63. The first-order chi connectivity index (χ1) is 12.9. The molecule has 28 heavy (non-hydrogen) atoms. The SMILES string of the molecule is Cc1c(C(F)(F)F)ccc2c1c(S(N)(=O)=O)c(C(=O)O)n2Cc1ccccc1. The molecular weight excluding hydrogens is 397 g/mol. The maximum absolute atomic E-state index is 13.3. The van der Waals surface area contributed by atoms with E-state index in [1.54, 1.807) is 30.3 Å². The van der Waals surface area contributed by atoms with Crippen molar-refractivity contribution in [1.29, 1.82) is 0 Å². The molecule has 0 amide bonds. The number of alkyl halides is 3. The van der Waals surface area contributed by atoms with Crippen LogP contribution in [0.25, 0.3) is 10.9 Å². The van der Waals surface area contributed by atoms with Crippen LogP contribution in [0.3, 0.4) is 0 Å². The fourth-order valence-corrected chi connectivity index (χ4v) is 4.31. The Morgan fingerprint density at radius 2 is 1.75 bits per heavy atom.